The number of aromatic nitrogens is 3. The summed E-state index contributed by atoms with van der Waals surface area (Å²) in [4.78, 5) is 12.5. The highest BCUT2D eigenvalue weighted by molar-refractivity contribution is 7.99. The van der Waals surface area contributed by atoms with Gasteiger partial charge in [-0.25, -0.2) is 0 Å². The maximum absolute atomic E-state index is 12.5. The second-order valence-electron chi connectivity index (χ2n) is 7.20. The van der Waals surface area contributed by atoms with E-state index in [-0.39, 0.29) is 17.7 Å². The first-order valence-corrected chi connectivity index (χ1v) is 11.0. The number of amides is 1. The second kappa shape index (κ2) is 9.80. The zero-order valence-corrected chi connectivity index (χ0v) is 18.9. The average molecular weight is 425 g/mol. The predicted molar refractivity (Wildman–Crippen MR) is 121 cm³/mol. The summed E-state index contributed by atoms with van der Waals surface area (Å²) in [6.07, 6.45) is 0. The highest BCUT2D eigenvalue weighted by atomic mass is 32.2. The molecule has 0 aliphatic rings. The van der Waals surface area contributed by atoms with Crippen LogP contribution in [0.5, 0.6) is 5.75 Å². The van der Waals surface area contributed by atoms with E-state index in [0.717, 1.165) is 34.4 Å². The Morgan fingerprint density at radius 1 is 1.13 bits per heavy atom. The van der Waals surface area contributed by atoms with Gasteiger partial charge < -0.3 is 14.6 Å². The summed E-state index contributed by atoms with van der Waals surface area (Å²) < 4.78 is 7.24. The van der Waals surface area contributed by atoms with Crippen molar-refractivity contribution >= 4 is 17.7 Å². The van der Waals surface area contributed by atoms with E-state index in [0.29, 0.717) is 0 Å². The SMILES string of the molecule is CCn1c(SCC(=O)N[C@H](C)c2ccc(C)c(C)c2)nnc1-c1ccc(OC)cc1. The van der Waals surface area contributed by atoms with E-state index in [1.54, 1.807) is 7.11 Å². The number of benzene rings is 2. The second-order valence-corrected chi connectivity index (χ2v) is 8.14. The van der Waals surface area contributed by atoms with Gasteiger partial charge in [-0.3, -0.25) is 4.79 Å². The standard InChI is InChI=1S/C23H28N4O2S/c1-6-27-22(18-9-11-20(29-5)12-10-18)25-26-23(27)30-14-21(28)24-17(4)19-8-7-15(2)16(3)13-19/h7-13,17H,6,14H2,1-5H3,(H,24,28)/t17-/m1/s1. The van der Waals surface area contributed by atoms with Gasteiger partial charge in [0.1, 0.15) is 5.75 Å². The molecule has 0 aliphatic heterocycles. The third kappa shape index (κ3) is 5.02. The van der Waals surface area contributed by atoms with Crippen LogP contribution in [0.4, 0.5) is 0 Å². The summed E-state index contributed by atoms with van der Waals surface area (Å²) in [6.45, 7) is 8.94. The molecule has 1 aromatic heterocycles. The van der Waals surface area contributed by atoms with E-state index in [2.05, 4.69) is 47.6 Å². The number of rotatable bonds is 8. The third-order valence-electron chi connectivity index (χ3n) is 5.12. The van der Waals surface area contributed by atoms with E-state index >= 15 is 0 Å². The number of aryl methyl sites for hydroxylation is 2. The van der Waals surface area contributed by atoms with E-state index in [9.17, 15) is 4.79 Å². The van der Waals surface area contributed by atoms with E-state index < -0.39 is 0 Å². The minimum Gasteiger partial charge on any atom is -0.497 e. The van der Waals surface area contributed by atoms with Crippen molar-refractivity contribution < 1.29 is 9.53 Å². The topological polar surface area (TPSA) is 69.0 Å². The molecule has 0 saturated carbocycles. The highest BCUT2D eigenvalue weighted by Crippen LogP contribution is 2.25. The van der Waals surface area contributed by atoms with Crippen LogP contribution >= 0.6 is 11.8 Å². The van der Waals surface area contributed by atoms with Gasteiger partial charge >= 0.3 is 0 Å². The molecule has 7 heteroatoms. The smallest absolute Gasteiger partial charge is 0.230 e. The third-order valence-corrected chi connectivity index (χ3v) is 6.09. The van der Waals surface area contributed by atoms with Crippen LogP contribution in [-0.4, -0.2) is 33.5 Å². The van der Waals surface area contributed by atoms with Crippen LogP contribution in [0.25, 0.3) is 11.4 Å². The van der Waals surface area contributed by atoms with Crippen LogP contribution in [0.2, 0.25) is 0 Å². The van der Waals surface area contributed by atoms with Crippen LogP contribution in [0.15, 0.2) is 47.6 Å². The molecule has 1 heterocycles. The van der Waals surface area contributed by atoms with Crippen LogP contribution in [-0.2, 0) is 11.3 Å². The van der Waals surface area contributed by atoms with E-state index in [1.807, 2.05) is 42.7 Å². The fourth-order valence-electron chi connectivity index (χ4n) is 3.16. The average Bonchev–Trinajstić information content (AvgIpc) is 3.17. The molecular weight excluding hydrogens is 396 g/mol. The van der Waals surface area contributed by atoms with Crippen molar-refractivity contribution in [2.24, 2.45) is 0 Å². The minimum atomic E-state index is -0.0451. The van der Waals surface area contributed by atoms with Gasteiger partial charge in [0.15, 0.2) is 11.0 Å². The largest absolute Gasteiger partial charge is 0.497 e. The number of nitrogens with one attached hydrogen (secondary N) is 1. The monoisotopic (exact) mass is 424 g/mol. The first-order valence-electron chi connectivity index (χ1n) is 9.99. The molecule has 0 aliphatic carbocycles. The zero-order valence-electron chi connectivity index (χ0n) is 18.1. The van der Waals surface area contributed by atoms with Crippen molar-refractivity contribution in [3.63, 3.8) is 0 Å². The van der Waals surface area contributed by atoms with Gasteiger partial charge in [0.2, 0.25) is 5.91 Å². The number of thioether (sulfide) groups is 1. The minimum absolute atomic E-state index is 0.0256. The van der Waals surface area contributed by atoms with Crippen LogP contribution in [0, 0.1) is 13.8 Å². The van der Waals surface area contributed by atoms with Crippen molar-refractivity contribution in [3.8, 4) is 17.1 Å². The molecule has 1 N–H and O–H groups in total. The lowest BCUT2D eigenvalue weighted by Gasteiger charge is -2.15. The molecular formula is C23H28N4O2S. The molecule has 6 nitrogen and oxygen atoms in total. The fourth-order valence-corrected chi connectivity index (χ4v) is 3.98. The van der Waals surface area contributed by atoms with Crippen molar-refractivity contribution in [2.45, 2.75) is 45.4 Å². The molecule has 1 amide bonds. The predicted octanol–water partition coefficient (Wildman–Crippen LogP) is 4.56. The zero-order chi connectivity index (χ0) is 21.7. The Labute approximate surface area is 182 Å². The van der Waals surface area contributed by atoms with Gasteiger partial charge in [-0.15, -0.1) is 10.2 Å². The van der Waals surface area contributed by atoms with E-state index in [1.165, 1.54) is 22.9 Å². The fraction of sp³-hybridized carbons (Fsp3) is 0.348. The lowest BCUT2D eigenvalue weighted by atomic mass is 10.0. The molecule has 1 atom stereocenters. The number of hydrogen-bond donors (Lipinski definition) is 1. The van der Waals surface area contributed by atoms with Gasteiger partial charge in [-0.05, 0) is 68.7 Å². The first kappa shape index (κ1) is 21.9. The van der Waals surface area contributed by atoms with Crippen molar-refractivity contribution in [2.75, 3.05) is 12.9 Å². The molecule has 30 heavy (non-hydrogen) atoms. The number of ether oxygens (including phenoxy) is 1. The number of carbonyl (C=O) groups is 1. The quantitative estimate of drug-likeness (QED) is 0.537. The summed E-state index contributed by atoms with van der Waals surface area (Å²) in [5, 5.41) is 12.4. The normalized spacial score (nSPS) is 11.9. The molecule has 0 fully saturated rings. The number of carbonyl (C=O) groups excluding carboxylic acids is 1. The van der Waals surface area contributed by atoms with Gasteiger partial charge in [0.25, 0.3) is 0 Å². The molecule has 0 unspecified atom stereocenters. The summed E-state index contributed by atoms with van der Waals surface area (Å²) >= 11 is 1.40. The van der Waals surface area contributed by atoms with Crippen molar-refractivity contribution in [1.29, 1.82) is 0 Å². The highest BCUT2D eigenvalue weighted by Gasteiger charge is 2.16. The Balaban J connectivity index is 1.64. The Bertz CT molecular complexity index is 1010. The van der Waals surface area contributed by atoms with Crippen molar-refractivity contribution in [3.05, 3.63) is 59.2 Å². The molecule has 2 aromatic carbocycles. The van der Waals surface area contributed by atoms with E-state index in [4.69, 9.17) is 4.74 Å². The van der Waals surface area contributed by atoms with Crippen LogP contribution < -0.4 is 10.1 Å². The Kier molecular flexibility index (Phi) is 7.15. The number of hydrogen-bond acceptors (Lipinski definition) is 5. The molecule has 0 radical (unpaired) electrons. The van der Waals surface area contributed by atoms with Gasteiger partial charge in [0.05, 0.1) is 18.9 Å². The van der Waals surface area contributed by atoms with Gasteiger partial charge in [-0.1, -0.05) is 30.0 Å². The van der Waals surface area contributed by atoms with Crippen LogP contribution in [0.3, 0.4) is 0 Å². The molecule has 158 valence electrons. The van der Waals surface area contributed by atoms with Crippen LogP contribution in [0.1, 0.15) is 36.6 Å². The molecule has 0 spiro atoms. The maximum atomic E-state index is 12.5. The van der Waals surface area contributed by atoms with Gasteiger partial charge in [-0.2, -0.15) is 0 Å². The Morgan fingerprint density at radius 3 is 2.50 bits per heavy atom. The lowest BCUT2D eigenvalue weighted by molar-refractivity contribution is -0.119. The first-order chi connectivity index (χ1) is 14.4. The summed E-state index contributed by atoms with van der Waals surface area (Å²) in [7, 11) is 1.64. The Hall–Kier alpha value is -2.80. The molecule has 3 aromatic rings. The van der Waals surface area contributed by atoms with Gasteiger partial charge in [0, 0.05) is 12.1 Å². The summed E-state index contributed by atoms with van der Waals surface area (Å²) in [5.41, 5.74) is 4.55. The molecule has 0 bridgehead atoms. The molecule has 0 saturated heterocycles. The number of methoxy groups -OCH3 is 1. The molecule has 3 rings (SSSR count). The number of nitrogens with zero attached hydrogens (tertiary/aromatic N) is 3. The summed E-state index contributed by atoms with van der Waals surface area (Å²) in [5.74, 6) is 1.84. The Morgan fingerprint density at radius 2 is 1.87 bits per heavy atom. The maximum Gasteiger partial charge on any atom is 0.230 e. The lowest BCUT2D eigenvalue weighted by Crippen LogP contribution is -2.28. The summed E-state index contributed by atoms with van der Waals surface area (Å²) in [6, 6.07) is 14.0. The van der Waals surface area contributed by atoms with Crippen molar-refractivity contribution in [1.82, 2.24) is 20.1 Å².